The monoisotopic (exact) mass is 541 g/mol. The number of rotatable bonds is 14. The Morgan fingerprint density at radius 1 is 0.775 bits per heavy atom. The van der Waals surface area contributed by atoms with Crippen LogP contribution in [0.5, 0.6) is 0 Å². The largest absolute Gasteiger partial charge is 0.394 e. The molecule has 7 nitrogen and oxygen atoms in total. The number of amides is 2. The van der Waals surface area contributed by atoms with E-state index in [9.17, 15) is 19.8 Å². The lowest BCUT2D eigenvalue weighted by molar-refractivity contribution is -0.129. The first kappa shape index (κ1) is 29.2. The van der Waals surface area contributed by atoms with Gasteiger partial charge in [-0.25, -0.2) is 0 Å². The van der Waals surface area contributed by atoms with Gasteiger partial charge in [-0.05, 0) is 59.0 Å². The Morgan fingerprint density at radius 3 is 1.93 bits per heavy atom. The van der Waals surface area contributed by atoms with Gasteiger partial charge < -0.3 is 26.2 Å². The molecule has 0 aromatic heterocycles. The van der Waals surface area contributed by atoms with E-state index in [-0.39, 0.29) is 24.8 Å². The summed E-state index contributed by atoms with van der Waals surface area (Å²) in [5.41, 5.74) is 1.95. The van der Waals surface area contributed by atoms with Crippen molar-refractivity contribution >= 4 is 33.4 Å². The third-order valence-electron chi connectivity index (χ3n) is 6.97. The standard InChI is InChI=1S/C33H39N3O4/c1-23(38)21-34-16-6-11-32(39)36-31(20-25-13-15-27-8-3-5-10-29(27)18-25)33(40)35-30(22-37)19-24-12-14-26-7-2-4-9-28(26)17-24/h2-5,7-10,12-15,17-18,23,30-31,34,37-38H,6,11,16,19-22H2,1H3,(H,35,40)(H,36,39)/t23?,30-,31-/m1/s1. The van der Waals surface area contributed by atoms with Gasteiger partial charge >= 0.3 is 0 Å². The SMILES string of the molecule is CC(O)CNCCCC(=O)N[C@H](Cc1ccc2ccccc2c1)C(=O)N[C@@H](CO)Cc1ccc2ccccc2c1. The van der Waals surface area contributed by atoms with Crippen LogP contribution in [0.25, 0.3) is 21.5 Å². The summed E-state index contributed by atoms with van der Waals surface area (Å²) in [6.45, 7) is 2.55. The molecule has 2 amide bonds. The molecule has 5 N–H and O–H groups in total. The highest BCUT2D eigenvalue weighted by atomic mass is 16.3. The highest BCUT2D eigenvalue weighted by Crippen LogP contribution is 2.18. The molecule has 0 aliphatic rings. The molecular formula is C33H39N3O4. The molecule has 0 aliphatic carbocycles. The fraction of sp³-hybridized carbons (Fsp3) is 0.333. The molecule has 0 spiro atoms. The molecule has 4 aromatic carbocycles. The summed E-state index contributed by atoms with van der Waals surface area (Å²) in [5, 5.41) is 32.9. The fourth-order valence-corrected chi connectivity index (χ4v) is 4.88. The van der Waals surface area contributed by atoms with E-state index in [0.717, 1.165) is 32.7 Å². The van der Waals surface area contributed by atoms with Crippen molar-refractivity contribution in [2.45, 2.75) is 50.8 Å². The van der Waals surface area contributed by atoms with Crippen LogP contribution in [-0.2, 0) is 22.4 Å². The molecule has 4 rings (SSSR count). The second kappa shape index (κ2) is 14.6. The lowest BCUT2D eigenvalue weighted by Gasteiger charge is -2.23. The summed E-state index contributed by atoms with van der Waals surface area (Å²) in [7, 11) is 0. The Kier molecular flexibility index (Phi) is 10.6. The number of fused-ring (bicyclic) bond motifs is 2. The zero-order valence-corrected chi connectivity index (χ0v) is 23.0. The Bertz CT molecular complexity index is 1420. The van der Waals surface area contributed by atoms with E-state index >= 15 is 0 Å². The van der Waals surface area contributed by atoms with Crippen molar-refractivity contribution in [2.24, 2.45) is 0 Å². The fourth-order valence-electron chi connectivity index (χ4n) is 4.88. The average molecular weight is 542 g/mol. The van der Waals surface area contributed by atoms with Crippen LogP contribution < -0.4 is 16.0 Å². The molecule has 40 heavy (non-hydrogen) atoms. The van der Waals surface area contributed by atoms with Gasteiger partial charge in [0.2, 0.25) is 11.8 Å². The molecule has 0 saturated carbocycles. The van der Waals surface area contributed by atoms with Crippen LogP contribution in [0.2, 0.25) is 0 Å². The van der Waals surface area contributed by atoms with Crippen LogP contribution in [0.4, 0.5) is 0 Å². The Labute approximate surface area is 235 Å². The van der Waals surface area contributed by atoms with Gasteiger partial charge in [-0.2, -0.15) is 0 Å². The number of aliphatic hydroxyl groups is 2. The van der Waals surface area contributed by atoms with Gasteiger partial charge in [0.05, 0.1) is 18.8 Å². The molecule has 0 aliphatic heterocycles. The molecule has 0 radical (unpaired) electrons. The molecular weight excluding hydrogens is 502 g/mol. The zero-order chi connectivity index (χ0) is 28.3. The number of carbonyl (C=O) groups is 2. The first-order valence-electron chi connectivity index (χ1n) is 14.0. The smallest absolute Gasteiger partial charge is 0.243 e. The predicted octanol–water partition coefficient (Wildman–Crippen LogP) is 3.49. The van der Waals surface area contributed by atoms with Crippen molar-refractivity contribution in [1.29, 1.82) is 0 Å². The number of benzene rings is 4. The van der Waals surface area contributed by atoms with Crippen molar-refractivity contribution in [2.75, 3.05) is 19.7 Å². The minimum absolute atomic E-state index is 0.213. The third-order valence-corrected chi connectivity index (χ3v) is 6.97. The average Bonchev–Trinajstić information content (AvgIpc) is 2.96. The van der Waals surface area contributed by atoms with E-state index < -0.39 is 18.2 Å². The third kappa shape index (κ3) is 8.61. The second-order valence-electron chi connectivity index (χ2n) is 10.4. The van der Waals surface area contributed by atoms with Crippen molar-refractivity contribution in [3.8, 4) is 0 Å². The minimum Gasteiger partial charge on any atom is -0.394 e. The lowest BCUT2D eigenvalue weighted by atomic mass is 9.99. The summed E-state index contributed by atoms with van der Waals surface area (Å²) in [6.07, 6.45) is 1.20. The van der Waals surface area contributed by atoms with Gasteiger partial charge in [0, 0.05) is 19.4 Å². The summed E-state index contributed by atoms with van der Waals surface area (Å²) < 4.78 is 0. The molecule has 0 saturated heterocycles. The van der Waals surface area contributed by atoms with Crippen molar-refractivity contribution in [1.82, 2.24) is 16.0 Å². The van der Waals surface area contributed by atoms with Crippen LogP contribution in [0.15, 0.2) is 84.9 Å². The highest BCUT2D eigenvalue weighted by Gasteiger charge is 2.24. The maximum Gasteiger partial charge on any atom is 0.243 e. The molecule has 0 bridgehead atoms. The molecule has 4 aromatic rings. The van der Waals surface area contributed by atoms with Gasteiger partial charge in [-0.1, -0.05) is 84.9 Å². The minimum atomic E-state index is -0.787. The Morgan fingerprint density at radius 2 is 1.35 bits per heavy atom. The van der Waals surface area contributed by atoms with E-state index in [1.807, 2.05) is 78.9 Å². The maximum absolute atomic E-state index is 13.5. The number of aliphatic hydroxyl groups excluding tert-OH is 2. The second-order valence-corrected chi connectivity index (χ2v) is 10.4. The number of hydrogen-bond acceptors (Lipinski definition) is 5. The number of hydrogen-bond donors (Lipinski definition) is 5. The molecule has 0 fully saturated rings. The van der Waals surface area contributed by atoms with Crippen LogP contribution in [0.1, 0.15) is 30.9 Å². The summed E-state index contributed by atoms with van der Waals surface area (Å²) in [4.78, 5) is 26.3. The Balaban J connectivity index is 1.43. The van der Waals surface area contributed by atoms with Crippen LogP contribution in [-0.4, -0.2) is 59.9 Å². The van der Waals surface area contributed by atoms with Gasteiger partial charge in [0.15, 0.2) is 0 Å². The van der Waals surface area contributed by atoms with Crippen molar-refractivity contribution in [3.63, 3.8) is 0 Å². The zero-order valence-electron chi connectivity index (χ0n) is 23.0. The normalized spacial score (nSPS) is 13.6. The Hall–Kier alpha value is -3.78. The molecule has 1 unspecified atom stereocenters. The van der Waals surface area contributed by atoms with E-state index in [4.69, 9.17) is 0 Å². The number of nitrogens with one attached hydrogen (secondary N) is 3. The van der Waals surface area contributed by atoms with Crippen molar-refractivity contribution in [3.05, 3.63) is 96.1 Å². The lowest BCUT2D eigenvalue weighted by Crippen LogP contribution is -2.52. The molecule has 0 heterocycles. The topological polar surface area (TPSA) is 111 Å². The van der Waals surface area contributed by atoms with E-state index in [2.05, 4.69) is 22.0 Å². The van der Waals surface area contributed by atoms with Gasteiger partial charge in [-0.15, -0.1) is 0 Å². The predicted molar refractivity (Wildman–Crippen MR) is 160 cm³/mol. The first-order chi connectivity index (χ1) is 19.4. The van der Waals surface area contributed by atoms with Gasteiger partial charge in [0.25, 0.3) is 0 Å². The molecule has 3 atom stereocenters. The molecule has 7 heteroatoms. The maximum atomic E-state index is 13.5. The molecule has 210 valence electrons. The van der Waals surface area contributed by atoms with E-state index in [1.54, 1.807) is 6.92 Å². The summed E-state index contributed by atoms with van der Waals surface area (Å²) in [6, 6.07) is 27.0. The highest BCUT2D eigenvalue weighted by molar-refractivity contribution is 5.89. The quantitative estimate of drug-likeness (QED) is 0.157. The van der Waals surface area contributed by atoms with Gasteiger partial charge in [0.1, 0.15) is 6.04 Å². The van der Waals surface area contributed by atoms with E-state index in [0.29, 0.717) is 32.4 Å². The van der Waals surface area contributed by atoms with Crippen LogP contribution in [0, 0.1) is 0 Å². The first-order valence-corrected chi connectivity index (χ1v) is 14.0. The summed E-state index contributed by atoms with van der Waals surface area (Å²) in [5.74, 6) is -0.538. The van der Waals surface area contributed by atoms with Crippen LogP contribution >= 0.6 is 0 Å². The number of carbonyl (C=O) groups excluding carboxylic acids is 2. The van der Waals surface area contributed by atoms with Crippen molar-refractivity contribution < 1.29 is 19.8 Å². The summed E-state index contributed by atoms with van der Waals surface area (Å²) >= 11 is 0. The van der Waals surface area contributed by atoms with Gasteiger partial charge in [-0.3, -0.25) is 9.59 Å². The van der Waals surface area contributed by atoms with E-state index in [1.165, 1.54) is 0 Å². The van der Waals surface area contributed by atoms with Crippen LogP contribution in [0.3, 0.4) is 0 Å².